The topological polar surface area (TPSA) is 24.4 Å². The van der Waals surface area contributed by atoms with E-state index in [1.54, 1.807) is 0 Å². The molecule has 1 aromatic heterocycles. The third kappa shape index (κ3) is 4.03. The molecule has 94 valence electrons. The molecule has 0 spiro atoms. The smallest absolute Gasteiger partial charge is 0.157 e. The van der Waals surface area contributed by atoms with Crippen molar-refractivity contribution >= 4 is 28.3 Å². The molecule has 0 bridgehead atoms. The van der Waals surface area contributed by atoms with Gasteiger partial charge in [0, 0.05) is 21.5 Å². The molecule has 0 radical (unpaired) electrons. The van der Waals surface area contributed by atoms with Gasteiger partial charge in [0.2, 0.25) is 0 Å². The molecular weight excluding hydrogens is 248 g/mol. The van der Waals surface area contributed by atoms with Gasteiger partial charge in [0.05, 0.1) is 6.54 Å². The highest BCUT2D eigenvalue weighted by atomic mass is 32.2. The Bertz CT molecular complexity index is 396. The van der Waals surface area contributed by atoms with E-state index in [9.17, 15) is 0 Å². The number of amidine groups is 1. The summed E-state index contributed by atoms with van der Waals surface area (Å²) < 4.78 is 0. The monoisotopic (exact) mass is 268 g/mol. The first-order valence-corrected chi connectivity index (χ1v) is 7.93. The van der Waals surface area contributed by atoms with Gasteiger partial charge in [-0.1, -0.05) is 25.6 Å². The molecule has 1 fully saturated rings. The number of hydrogen-bond donors (Lipinski definition) is 1. The normalized spacial score (nSPS) is 22.4. The van der Waals surface area contributed by atoms with Crippen LogP contribution in [0.25, 0.3) is 0 Å². The Morgan fingerprint density at radius 3 is 2.94 bits per heavy atom. The van der Waals surface area contributed by atoms with E-state index in [4.69, 9.17) is 0 Å². The third-order valence-electron chi connectivity index (χ3n) is 2.68. The first-order valence-electron chi connectivity index (χ1n) is 6.12. The minimum atomic E-state index is 0.615. The first kappa shape index (κ1) is 13.0. The number of aryl methyl sites for hydroxylation is 1. The van der Waals surface area contributed by atoms with Crippen LogP contribution in [0, 0.1) is 12.8 Å². The quantitative estimate of drug-likeness (QED) is 0.901. The molecule has 2 nitrogen and oxygen atoms in total. The summed E-state index contributed by atoms with van der Waals surface area (Å²) in [5.74, 6) is 1.92. The minimum absolute atomic E-state index is 0.615. The van der Waals surface area contributed by atoms with E-state index in [1.807, 2.05) is 23.1 Å². The predicted molar refractivity (Wildman–Crippen MR) is 79.0 cm³/mol. The number of nitrogens with zero attached hydrogens (tertiary/aromatic N) is 1. The van der Waals surface area contributed by atoms with Crippen molar-refractivity contribution in [1.82, 2.24) is 5.32 Å². The molecule has 2 heterocycles. The zero-order chi connectivity index (χ0) is 12.3. The number of rotatable bonds is 4. The van der Waals surface area contributed by atoms with Gasteiger partial charge in [-0.2, -0.15) is 0 Å². The van der Waals surface area contributed by atoms with Crippen molar-refractivity contribution in [2.45, 2.75) is 39.8 Å². The highest BCUT2D eigenvalue weighted by molar-refractivity contribution is 8.14. The Kier molecular flexibility index (Phi) is 4.51. The van der Waals surface area contributed by atoms with Gasteiger partial charge in [-0.05, 0) is 31.4 Å². The fourth-order valence-electron chi connectivity index (χ4n) is 1.94. The van der Waals surface area contributed by atoms with E-state index >= 15 is 0 Å². The van der Waals surface area contributed by atoms with Crippen LogP contribution in [-0.4, -0.2) is 17.0 Å². The van der Waals surface area contributed by atoms with Crippen molar-refractivity contribution < 1.29 is 0 Å². The summed E-state index contributed by atoms with van der Waals surface area (Å²) >= 11 is 3.70. The summed E-state index contributed by atoms with van der Waals surface area (Å²) in [7, 11) is 0. The highest BCUT2D eigenvalue weighted by Gasteiger charge is 2.20. The predicted octanol–water partition coefficient (Wildman–Crippen LogP) is 3.66. The van der Waals surface area contributed by atoms with Crippen molar-refractivity contribution in [2.75, 3.05) is 5.75 Å². The Morgan fingerprint density at radius 1 is 1.47 bits per heavy atom. The van der Waals surface area contributed by atoms with Gasteiger partial charge in [-0.25, -0.2) is 0 Å². The lowest BCUT2D eigenvalue weighted by molar-refractivity contribution is 0.502. The maximum absolute atomic E-state index is 4.64. The molecule has 1 saturated heterocycles. The summed E-state index contributed by atoms with van der Waals surface area (Å²) in [5.41, 5.74) is 0. The lowest BCUT2D eigenvalue weighted by Crippen LogP contribution is -2.28. The van der Waals surface area contributed by atoms with E-state index in [1.165, 1.54) is 21.9 Å². The van der Waals surface area contributed by atoms with Crippen molar-refractivity contribution in [2.24, 2.45) is 10.9 Å². The molecule has 4 heteroatoms. The van der Waals surface area contributed by atoms with Gasteiger partial charge in [0.1, 0.15) is 0 Å². The second-order valence-corrected chi connectivity index (χ2v) is 7.30. The van der Waals surface area contributed by atoms with Crippen LogP contribution in [0.1, 0.15) is 30.0 Å². The minimum Gasteiger partial charge on any atom is -0.361 e. The maximum Gasteiger partial charge on any atom is 0.157 e. The second-order valence-electron chi connectivity index (χ2n) is 4.92. The Labute approximate surface area is 112 Å². The lowest BCUT2D eigenvalue weighted by atomic mass is 10.1. The van der Waals surface area contributed by atoms with Crippen LogP contribution in [0.2, 0.25) is 0 Å². The zero-order valence-corrected chi connectivity index (χ0v) is 12.3. The molecular formula is C13H20N2S2. The standard InChI is InChI=1S/C13H20N2S2/c1-9(2)6-11-8-16-13(15-11)14-7-12-5-4-10(3)17-12/h4-5,9,11H,6-8H2,1-3H3,(H,14,15). The van der Waals surface area contributed by atoms with Gasteiger partial charge in [-0.15, -0.1) is 11.3 Å². The molecule has 17 heavy (non-hydrogen) atoms. The number of hydrogen-bond acceptors (Lipinski definition) is 3. The highest BCUT2D eigenvalue weighted by Crippen LogP contribution is 2.21. The first-order chi connectivity index (χ1) is 8.13. The molecule has 0 aliphatic carbocycles. The number of thiophene rings is 1. The summed E-state index contributed by atoms with van der Waals surface area (Å²) in [4.78, 5) is 7.36. The zero-order valence-electron chi connectivity index (χ0n) is 10.7. The van der Waals surface area contributed by atoms with Crippen molar-refractivity contribution in [3.8, 4) is 0 Å². The summed E-state index contributed by atoms with van der Waals surface area (Å²) in [5, 5.41) is 4.64. The van der Waals surface area contributed by atoms with Gasteiger partial charge in [-0.3, -0.25) is 4.99 Å². The maximum atomic E-state index is 4.64. The van der Waals surface area contributed by atoms with E-state index in [0.29, 0.717) is 6.04 Å². The lowest BCUT2D eigenvalue weighted by Gasteiger charge is -2.11. The van der Waals surface area contributed by atoms with E-state index in [-0.39, 0.29) is 0 Å². The van der Waals surface area contributed by atoms with Gasteiger partial charge in [0.15, 0.2) is 5.17 Å². The molecule has 1 aliphatic heterocycles. The van der Waals surface area contributed by atoms with Crippen molar-refractivity contribution in [1.29, 1.82) is 0 Å². The second kappa shape index (κ2) is 5.91. The van der Waals surface area contributed by atoms with Gasteiger partial charge >= 0.3 is 0 Å². The van der Waals surface area contributed by atoms with Gasteiger partial charge < -0.3 is 5.32 Å². The van der Waals surface area contributed by atoms with Crippen LogP contribution in [-0.2, 0) is 6.54 Å². The molecule has 0 amide bonds. The molecule has 1 aliphatic rings. The summed E-state index contributed by atoms with van der Waals surface area (Å²) in [6.07, 6.45) is 1.24. The molecule has 1 aromatic rings. The summed E-state index contributed by atoms with van der Waals surface area (Å²) in [6.45, 7) is 7.51. The Balaban J connectivity index is 1.83. The van der Waals surface area contributed by atoms with E-state index in [2.05, 4.69) is 43.2 Å². The SMILES string of the molecule is Cc1ccc(CN=C2NC(CC(C)C)CS2)s1. The molecule has 1 atom stereocenters. The van der Waals surface area contributed by atoms with Crippen LogP contribution in [0.5, 0.6) is 0 Å². The van der Waals surface area contributed by atoms with Crippen LogP contribution in [0.3, 0.4) is 0 Å². The summed E-state index contributed by atoms with van der Waals surface area (Å²) in [6, 6.07) is 4.95. The van der Waals surface area contributed by atoms with Gasteiger partial charge in [0.25, 0.3) is 0 Å². The fourth-order valence-corrected chi connectivity index (χ4v) is 3.74. The van der Waals surface area contributed by atoms with Crippen LogP contribution in [0.4, 0.5) is 0 Å². The molecule has 0 saturated carbocycles. The molecule has 2 rings (SSSR count). The average molecular weight is 268 g/mol. The number of thioether (sulfide) groups is 1. The largest absolute Gasteiger partial charge is 0.361 e. The van der Waals surface area contributed by atoms with Crippen LogP contribution < -0.4 is 5.32 Å². The Hall–Kier alpha value is -0.480. The average Bonchev–Trinajstić information content (AvgIpc) is 2.84. The Morgan fingerprint density at radius 2 is 2.29 bits per heavy atom. The fraction of sp³-hybridized carbons (Fsp3) is 0.615. The number of nitrogens with one attached hydrogen (secondary N) is 1. The molecule has 1 unspecified atom stereocenters. The van der Waals surface area contributed by atoms with E-state index in [0.717, 1.165) is 17.6 Å². The van der Waals surface area contributed by atoms with Crippen molar-refractivity contribution in [3.63, 3.8) is 0 Å². The van der Waals surface area contributed by atoms with E-state index < -0.39 is 0 Å². The third-order valence-corrected chi connectivity index (χ3v) is 4.75. The molecule has 0 aromatic carbocycles. The van der Waals surface area contributed by atoms with Crippen molar-refractivity contribution in [3.05, 3.63) is 21.9 Å². The number of aliphatic imine (C=N–C) groups is 1. The van der Waals surface area contributed by atoms with Crippen LogP contribution in [0.15, 0.2) is 17.1 Å². The van der Waals surface area contributed by atoms with Crippen LogP contribution >= 0.6 is 23.1 Å². The molecule has 1 N–H and O–H groups in total.